The van der Waals surface area contributed by atoms with Crippen LogP contribution in [0.1, 0.15) is 38.2 Å². The molecule has 27 heavy (non-hydrogen) atoms. The van der Waals surface area contributed by atoms with Gasteiger partial charge in [-0.3, -0.25) is 14.0 Å². The van der Waals surface area contributed by atoms with Gasteiger partial charge in [0.25, 0.3) is 5.91 Å². The third-order valence-corrected chi connectivity index (χ3v) is 6.07. The maximum atomic E-state index is 12.3. The summed E-state index contributed by atoms with van der Waals surface area (Å²) in [5.41, 5.74) is 0. The van der Waals surface area contributed by atoms with E-state index in [1.54, 1.807) is 17.0 Å². The molecule has 7 nitrogen and oxygen atoms in total. The molecular formula is C18H31IN4O3S. The van der Waals surface area contributed by atoms with Gasteiger partial charge in [0.1, 0.15) is 0 Å². The van der Waals surface area contributed by atoms with Gasteiger partial charge in [0.2, 0.25) is 0 Å². The number of carbonyl (C=O) groups is 1. The van der Waals surface area contributed by atoms with Crippen molar-refractivity contribution in [1.82, 2.24) is 15.1 Å². The van der Waals surface area contributed by atoms with E-state index < -0.39 is 10.8 Å². The Morgan fingerprint density at radius 2 is 1.89 bits per heavy atom. The van der Waals surface area contributed by atoms with Gasteiger partial charge in [0.05, 0.1) is 12.8 Å². The molecule has 0 aromatic carbocycles. The van der Waals surface area contributed by atoms with E-state index in [4.69, 9.17) is 4.42 Å². The number of hydrogen-bond donors (Lipinski definition) is 1. The first-order valence-corrected chi connectivity index (χ1v) is 10.4. The van der Waals surface area contributed by atoms with Crippen LogP contribution in [0.15, 0.2) is 27.8 Å². The fraction of sp³-hybridized carbons (Fsp3) is 0.667. The molecule has 1 aromatic rings. The summed E-state index contributed by atoms with van der Waals surface area (Å²) in [6.45, 7) is 11.9. The summed E-state index contributed by atoms with van der Waals surface area (Å²) in [5.74, 6) is 1.68. The normalized spacial score (nSPS) is 16.7. The van der Waals surface area contributed by atoms with Crippen molar-refractivity contribution in [2.45, 2.75) is 32.4 Å². The first kappa shape index (κ1) is 23.9. The van der Waals surface area contributed by atoms with Gasteiger partial charge in [-0.05, 0) is 39.8 Å². The van der Waals surface area contributed by atoms with E-state index in [2.05, 4.69) is 15.2 Å². The minimum absolute atomic E-state index is 0. The highest BCUT2D eigenvalue weighted by atomic mass is 127. The summed E-state index contributed by atoms with van der Waals surface area (Å²) in [6, 6.07) is 3.41. The zero-order chi connectivity index (χ0) is 19.2. The zero-order valence-corrected chi connectivity index (χ0v) is 19.7. The van der Waals surface area contributed by atoms with Gasteiger partial charge in [-0.25, -0.2) is 0 Å². The number of nitrogens with one attached hydrogen (secondary N) is 1. The Balaban J connectivity index is 0.00000364. The van der Waals surface area contributed by atoms with Crippen molar-refractivity contribution in [3.63, 3.8) is 0 Å². The second-order valence-electron chi connectivity index (χ2n) is 7.15. The van der Waals surface area contributed by atoms with Crippen LogP contribution in [0.3, 0.4) is 0 Å². The van der Waals surface area contributed by atoms with Gasteiger partial charge >= 0.3 is 0 Å². The Kier molecular flexibility index (Phi) is 9.78. The molecule has 1 aliphatic heterocycles. The summed E-state index contributed by atoms with van der Waals surface area (Å²) >= 11 is 0. The minimum Gasteiger partial charge on any atom is -0.459 e. The lowest BCUT2D eigenvalue weighted by Gasteiger charge is -2.36. The van der Waals surface area contributed by atoms with E-state index in [1.165, 1.54) is 6.26 Å². The quantitative estimate of drug-likeness (QED) is 0.373. The summed E-state index contributed by atoms with van der Waals surface area (Å²) in [4.78, 5) is 20.9. The summed E-state index contributed by atoms with van der Waals surface area (Å²) < 4.78 is 17.1. The van der Waals surface area contributed by atoms with Crippen molar-refractivity contribution in [2.75, 3.05) is 45.0 Å². The number of aliphatic imine (C=N–C) groups is 1. The van der Waals surface area contributed by atoms with Crippen LogP contribution in [0.4, 0.5) is 0 Å². The Bertz CT molecular complexity index is 636. The molecule has 1 aliphatic rings. The summed E-state index contributed by atoms with van der Waals surface area (Å²) in [7, 11) is -0.908. The Morgan fingerprint density at radius 1 is 1.26 bits per heavy atom. The average molecular weight is 510 g/mol. The van der Waals surface area contributed by atoms with Crippen molar-refractivity contribution < 1.29 is 13.4 Å². The van der Waals surface area contributed by atoms with Crippen molar-refractivity contribution in [3.05, 3.63) is 24.2 Å². The maximum Gasteiger partial charge on any atom is 0.289 e. The Hall–Kier alpha value is -1.10. The molecule has 0 spiro atoms. The smallest absolute Gasteiger partial charge is 0.289 e. The fourth-order valence-electron chi connectivity index (χ4n) is 2.64. The molecule has 1 atom stereocenters. The highest BCUT2D eigenvalue weighted by Gasteiger charge is 2.25. The lowest BCUT2D eigenvalue weighted by molar-refractivity contribution is 0.0657. The third-order valence-electron chi connectivity index (χ3n) is 4.15. The predicted octanol–water partition coefficient (Wildman–Crippen LogP) is 2.17. The number of amides is 1. The van der Waals surface area contributed by atoms with Crippen LogP contribution in [0, 0.1) is 0 Å². The molecule has 0 saturated carbocycles. The van der Waals surface area contributed by atoms with Crippen LogP contribution in [0.5, 0.6) is 0 Å². The molecule has 0 radical (unpaired) electrons. The van der Waals surface area contributed by atoms with Gasteiger partial charge in [-0.1, -0.05) is 0 Å². The van der Waals surface area contributed by atoms with Crippen molar-refractivity contribution in [3.8, 4) is 0 Å². The van der Waals surface area contributed by atoms with Crippen molar-refractivity contribution >= 4 is 46.6 Å². The molecule has 1 amide bonds. The molecule has 9 heteroatoms. The van der Waals surface area contributed by atoms with Crippen LogP contribution in [-0.2, 0) is 10.8 Å². The second kappa shape index (κ2) is 11.0. The highest BCUT2D eigenvalue weighted by molar-refractivity contribution is 14.0. The highest BCUT2D eigenvalue weighted by Crippen LogP contribution is 2.12. The van der Waals surface area contributed by atoms with E-state index in [0.717, 1.165) is 12.5 Å². The number of furan rings is 1. The Labute approximate surface area is 181 Å². The number of nitrogens with zero attached hydrogens (tertiary/aromatic N) is 3. The van der Waals surface area contributed by atoms with Crippen LogP contribution >= 0.6 is 24.0 Å². The van der Waals surface area contributed by atoms with E-state index in [1.807, 2.05) is 27.7 Å². The first-order valence-electron chi connectivity index (χ1n) is 9.07. The largest absolute Gasteiger partial charge is 0.459 e. The Morgan fingerprint density at radius 3 is 2.41 bits per heavy atom. The molecule has 2 heterocycles. The van der Waals surface area contributed by atoms with Gasteiger partial charge in [-0.2, -0.15) is 0 Å². The summed E-state index contributed by atoms with van der Waals surface area (Å²) in [5, 5.41) is 3.29. The molecule has 0 bridgehead atoms. The van der Waals surface area contributed by atoms with Crippen LogP contribution in [0.25, 0.3) is 0 Å². The van der Waals surface area contributed by atoms with E-state index in [0.29, 0.717) is 44.2 Å². The number of carbonyl (C=O) groups excluding carboxylic acids is 1. The second-order valence-corrected chi connectivity index (χ2v) is 9.48. The number of piperazine rings is 1. The molecule has 2 rings (SSSR count). The topological polar surface area (TPSA) is 78.2 Å². The average Bonchev–Trinajstić information content (AvgIpc) is 3.14. The SMILES string of the molecule is CCNC(=NCCS(=O)C(C)(C)C)N1CCN(C(=O)c2ccco2)CC1.I. The molecule has 154 valence electrons. The number of rotatable bonds is 5. The lowest BCUT2D eigenvalue weighted by atomic mass is 10.3. The molecule has 1 fully saturated rings. The number of hydrogen-bond acceptors (Lipinski definition) is 4. The van der Waals surface area contributed by atoms with Crippen LogP contribution < -0.4 is 5.32 Å². The fourth-order valence-corrected chi connectivity index (χ4v) is 3.51. The summed E-state index contributed by atoms with van der Waals surface area (Å²) in [6.07, 6.45) is 1.51. The van der Waals surface area contributed by atoms with Gasteiger partial charge in [0, 0.05) is 54.0 Å². The molecule has 1 N–H and O–H groups in total. The van der Waals surface area contributed by atoms with Crippen molar-refractivity contribution in [1.29, 1.82) is 0 Å². The first-order chi connectivity index (χ1) is 12.3. The van der Waals surface area contributed by atoms with E-state index in [-0.39, 0.29) is 34.6 Å². The zero-order valence-electron chi connectivity index (χ0n) is 16.6. The van der Waals surface area contributed by atoms with Crippen LogP contribution in [-0.4, -0.2) is 75.6 Å². The van der Waals surface area contributed by atoms with Crippen molar-refractivity contribution in [2.24, 2.45) is 4.99 Å². The van der Waals surface area contributed by atoms with Crippen LogP contribution in [0.2, 0.25) is 0 Å². The number of guanidine groups is 1. The maximum absolute atomic E-state index is 12.3. The van der Waals surface area contributed by atoms with E-state index >= 15 is 0 Å². The van der Waals surface area contributed by atoms with E-state index in [9.17, 15) is 9.00 Å². The van der Waals surface area contributed by atoms with Gasteiger partial charge in [-0.15, -0.1) is 24.0 Å². The number of halogens is 1. The van der Waals surface area contributed by atoms with Gasteiger partial charge < -0.3 is 19.5 Å². The molecule has 1 aromatic heterocycles. The predicted molar refractivity (Wildman–Crippen MR) is 120 cm³/mol. The third kappa shape index (κ3) is 7.10. The molecule has 1 unspecified atom stereocenters. The molecule has 0 aliphatic carbocycles. The molecular weight excluding hydrogens is 479 g/mol. The minimum atomic E-state index is -0.908. The standard InChI is InChI=1S/C18H30N4O3S.HI/c1-5-19-17(20-8-14-26(24)18(2,3)4)22-11-9-21(10-12-22)16(23)15-7-6-13-25-15;/h6-7,13H,5,8-12,14H2,1-4H3,(H,19,20);1H. The monoisotopic (exact) mass is 510 g/mol. The molecule has 1 saturated heterocycles. The lowest BCUT2D eigenvalue weighted by Crippen LogP contribution is -2.53. The van der Waals surface area contributed by atoms with Gasteiger partial charge in [0.15, 0.2) is 11.7 Å².